The lowest BCUT2D eigenvalue weighted by Gasteiger charge is -2.42. The molecular formula is C22H25N7O3. The van der Waals surface area contributed by atoms with Gasteiger partial charge in [-0.05, 0) is 30.3 Å². The molecule has 0 aliphatic carbocycles. The number of pyridine rings is 1. The predicted octanol–water partition coefficient (Wildman–Crippen LogP) is 1.51. The van der Waals surface area contributed by atoms with Gasteiger partial charge in [-0.1, -0.05) is 13.0 Å². The molecule has 0 unspecified atom stereocenters. The summed E-state index contributed by atoms with van der Waals surface area (Å²) < 4.78 is 7.94. The summed E-state index contributed by atoms with van der Waals surface area (Å²) in [5.41, 5.74) is 13.9. The van der Waals surface area contributed by atoms with Crippen molar-refractivity contribution in [2.24, 2.45) is 5.92 Å². The van der Waals surface area contributed by atoms with Gasteiger partial charge in [0.2, 0.25) is 0 Å². The van der Waals surface area contributed by atoms with Gasteiger partial charge in [0.1, 0.15) is 29.7 Å². The Bertz CT molecular complexity index is 1280. The molecule has 166 valence electrons. The van der Waals surface area contributed by atoms with Gasteiger partial charge < -0.3 is 36.3 Å². The van der Waals surface area contributed by atoms with Crippen LogP contribution in [0.2, 0.25) is 0 Å². The summed E-state index contributed by atoms with van der Waals surface area (Å²) in [4.78, 5) is 12.6. The second-order valence-corrected chi connectivity index (χ2v) is 8.15. The molecule has 1 aromatic carbocycles. The molecule has 32 heavy (non-hydrogen) atoms. The number of nitrogens with zero attached hydrogens (tertiary/aromatic N) is 4. The molecule has 4 heterocycles. The fraction of sp³-hybridized carbons (Fsp3) is 0.318. The lowest BCUT2D eigenvalue weighted by Crippen LogP contribution is -2.53. The number of aliphatic hydroxyl groups excluding tert-OH is 2. The van der Waals surface area contributed by atoms with Gasteiger partial charge in [0.05, 0.1) is 23.1 Å². The predicted molar refractivity (Wildman–Crippen MR) is 122 cm³/mol. The Morgan fingerprint density at radius 1 is 1.09 bits per heavy atom. The number of nitrogen functional groups attached to an aromatic ring is 2. The maximum atomic E-state index is 10.7. The molecule has 10 nitrogen and oxygen atoms in total. The van der Waals surface area contributed by atoms with Crippen molar-refractivity contribution in [2.45, 2.75) is 31.5 Å². The first kappa shape index (κ1) is 20.4. The van der Waals surface area contributed by atoms with Crippen molar-refractivity contribution in [3.63, 3.8) is 0 Å². The average Bonchev–Trinajstić information content (AvgIpc) is 3.22. The molecule has 4 aromatic rings. The topological polar surface area (TPSA) is 157 Å². The van der Waals surface area contributed by atoms with E-state index in [2.05, 4.69) is 20.3 Å². The highest BCUT2D eigenvalue weighted by Gasteiger charge is 2.43. The lowest BCUT2D eigenvalue weighted by molar-refractivity contribution is -0.217. The van der Waals surface area contributed by atoms with Gasteiger partial charge in [0.15, 0.2) is 6.23 Å². The molecule has 1 aliphatic heterocycles. The van der Waals surface area contributed by atoms with Crippen LogP contribution in [0.3, 0.4) is 0 Å². The second kappa shape index (κ2) is 7.90. The number of fused-ring (bicyclic) bond motifs is 2. The van der Waals surface area contributed by atoms with Gasteiger partial charge in [-0.3, -0.25) is 0 Å². The van der Waals surface area contributed by atoms with Crippen molar-refractivity contribution in [1.29, 1.82) is 0 Å². The smallest absolute Gasteiger partial charge is 0.164 e. The minimum Gasteiger partial charge on any atom is -0.390 e. The van der Waals surface area contributed by atoms with Crippen LogP contribution in [0.25, 0.3) is 21.9 Å². The van der Waals surface area contributed by atoms with E-state index in [-0.39, 0.29) is 12.0 Å². The molecule has 7 N–H and O–H groups in total. The summed E-state index contributed by atoms with van der Waals surface area (Å²) in [6.07, 6.45) is -0.202. The Kier molecular flexibility index (Phi) is 5.04. The van der Waals surface area contributed by atoms with Crippen molar-refractivity contribution in [2.75, 3.05) is 23.3 Å². The third-order valence-corrected chi connectivity index (χ3v) is 6.12. The maximum absolute atomic E-state index is 10.7. The van der Waals surface area contributed by atoms with Gasteiger partial charge in [-0.2, -0.15) is 0 Å². The number of anilines is 3. The Hall–Kier alpha value is -3.47. The minimum absolute atomic E-state index is 0.301. The number of benzene rings is 1. The summed E-state index contributed by atoms with van der Waals surface area (Å²) in [5.74, 6) is 0.503. The quantitative estimate of drug-likeness (QED) is 0.320. The van der Waals surface area contributed by atoms with Crippen LogP contribution >= 0.6 is 0 Å². The molecule has 0 spiro atoms. The third kappa shape index (κ3) is 3.48. The highest BCUT2D eigenvalue weighted by molar-refractivity contribution is 5.86. The van der Waals surface area contributed by atoms with Crippen molar-refractivity contribution >= 4 is 39.3 Å². The first-order valence-electron chi connectivity index (χ1n) is 10.4. The van der Waals surface area contributed by atoms with Crippen molar-refractivity contribution < 1.29 is 14.9 Å². The van der Waals surface area contributed by atoms with E-state index >= 15 is 0 Å². The van der Waals surface area contributed by atoms with Crippen LogP contribution in [-0.2, 0) is 4.74 Å². The average molecular weight is 435 g/mol. The molecule has 5 atom stereocenters. The van der Waals surface area contributed by atoms with Gasteiger partial charge in [-0.15, -0.1) is 0 Å². The Morgan fingerprint density at radius 3 is 2.75 bits per heavy atom. The van der Waals surface area contributed by atoms with Gasteiger partial charge in [0.25, 0.3) is 0 Å². The monoisotopic (exact) mass is 435 g/mol. The van der Waals surface area contributed by atoms with E-state index in [4.69, 9.17) is 16.2 Å². The van der Waals surface area contributed by atoms with E-state index in [9.17, 15) is 10.2 Å². The van der Waals surface area contributed by atoms with Crippen LogP contribution in [-0.4, -0.2) is 54.6 Å². The van der Waals surface area contributed by atoms with E-state index in [1.165, 1.54) is 6.33 Å². The maximum Gasteiger partial charge on any atom is 0.164 e. The zero-order valence-corrected chi connectivity index (χ0v) is 17.5. The van der Waals surface area contributed by atoms with Crippen molar-refractivity contribution in [1.82, 2.24) is 19.5 Å². The van der Waals surface area contributed by atoms with E-state index in [0.717, 1.165) is 16.6 Å². The molecule has 5 rings (SSSR count). The number of aromatic nitrogens is 4. The van der Waals surface area contributed by atoms with Crippen LogP contribution in [0.5, 0.6) is 0 Å². The van der Waals surface area contributed by atoms with Crippen LogP contribution in [0.15, 0.2) is 48.9 Å². The van der Waals surface area contributed by atoms with Gasteiger partial charge in [0, 0.05) is 29.7 Å². The normalized spacial score (nSPS) is 25.9. The lowest BCUT2D eigenvalue weighted by atomic mass is 9.90. The number of hydrogen-bond acceptors (Lipinski definition) is 9. The number of hydrogen-bond donors (Lipinski definition) is 5. The molecule has 0 bridgehead atoms. The zero-order chi connectivity index (χ0) is 22.4. The van der Waals surface area contributed by atoms with Gasteiger partial charge >= 0.3 is 0 Å². The first-order chi connectivity index (χ1) is 15.4. The molecule has 0 radical (unpaired) electrons. The van der Waals surface area contributed by atoms with Crippen molar-refractivity contribution in [3.8, 4) is 0 Å². The van der Waals surface area contributed by atoms with Crippen LogP contribution in [0, 0.1) is 5.92 Å². The zero-order valence-electron chi connectivity index (χ0n) is 17.5. The first-order valence-corrected chi connectivity index (χ1v) is 10.4. The molecule has 0 saturated carbocycles. The highest BCUT2D eigenvalue weighted by atomic mass is 16.5. The summed E-state index contributed by atoms with van der Waals surface area (Å²) >= 11 is 0. The Labute approximate surface area is 183 Å². The third-order valence-electron chi connectivity index (χ3n) is 6.12. The molecule has 1 saturated heterocycles. The number of nitrogens with two attached hydrogens (primary N) is 2. The highest BCUT2D eigenvalue weighted by Crippen LogP contribution is 2.34. The molecule has 3 aromatic heterocycles. The summed E-state index contributed by atoms with van der Waals surface area (Å²) in [5, 5.41) is 26.5. The fourth-order valence-electron chi connectivity index (χ4n) is 4.20. The standard InChI is InChI=1S/C22H25N7O3/c1-11-16(9-25-13-4-2-12-3-5-17(23)28-15(12)8-13)32-22(19(31)18(11)30)29-7-6-14-20(24)26-10-27-21(14)29/h2-8,10-11,16,18-19,22,25,30-31H,9H2,1H3,(H2,23,28)(H2,24,26,27)/t11-,16+,18-,19+,22+/m0/s1. The molecular weight excluding hydrogens is 410 g/mol. The molecule has 1 fully saturated rings. The number of ether oxygens (including phenoxy) is 1. The fourth-order valence-corrected chi connectivity index (χ4v) is 4.20. The number of rotatable bonds is 4. The Morgan fingerprint density at radius 2 is 1.91 bits per heavy atom. The van der Waals surface area contributed by atoms with E-state index in [1.54, 1.807) is 22.9 Å². The van der Waals surface area contributed by atoms with Gasteiger partial charge in [-0.25, -0.2) is 15.0 Å². The number of aliphatic hydroxyl groups is 2. The summed E-state index contributed by atoms with van der Waals surface area (Å²) in [6.45, 7) is 2.28. The molecule has 1 aliphatic rings. The summed E-state index contributed by atoms with van der Waals surface area (Å²) in [6, 6.07) is 11.3. The SMILES string of the molecule is C[C@@H]1[C@H](O)[C@@H](O)[C@H](n2ccc3c(N)ncnc32)O[C@@H]1CNc1ccc2ccc(N)nc2c1. The molecule has 0 amide bonds. The van der Waals surface area contributed by atoms with Crippen LogP contribution in [0.4, 0.5) is 17.3 Å². The number of nitrogens with one attached hydrogen (secondary N) is 1. The van der Waals surface area contributed by atoms with Crippen LogP contribution in [0.1, 0.15) is 13.2 Å². The Balaban J connectivity index is 1.38. The van der Waals surface area contributed by atoms with E-state index in [0.29, 0.717) is 29.2 Å². The largest absolute Gasteiger partial charge is 0.390 e. The van der Waals surface area contributed by atoms with E-state index in [1.807, 2.05) is 31.2 Å². The molecule has 10 heteroatoms. The van der Waals surface area contributed by atoms with Crippen molar-refractivity contribution in [3.05, 3.63) is 48.9 Å². The van der Waals surface area contributed by atoms with Crippen LogP contribution < -0.4 is 16.8 Å². The second-order valence-electron chi connectivity index (χ2n) is 8.15. The minimum atomic E-state index is -1.12. The van der Waals surface area contributed by atoms with E-state index < -0.39 is 18.4 Å². The summed E-state index contributed by atoms with van der Waals surface area (Å²) in [7, 11) is 0.